The largest absolute Gasteiger partial charge is 0.384 e. The lowest BCUT2D eigenvalue weighted by Gasteiger charge is -2.24. The molecule has 1 aromatic carbocycles. The van der Waals surface area contributed by atoms with E-state index in [0.717, 1.165) is 12.8 Å². The quantitative estimate of drug-likeness (QED) is 0.848. The van der Waals surface area contributed by atoms with Gasteiger partial charge in [0.05, 0.1) is 5.69 Å². The molecule has 0 spiro atoms. The number of benzene rings is 1. The van der Waals surface area contributed by atoms with Gasteiger partial charge < -0.3 is 5.32 Å². The molecule has 1 aliphatic rings. The highest BCUT2D eigenvalue weighted by Gasteiger charge is 2.30. The highest BCUT2D eigenvalue weighted by atomic mass is 32.2. The van der Waals surface area contributed by atoms with Gasteiger partial charge in [0.2, 0.25) is 10.0 Å². The second-order valence-electron chi connectivity index (χ2n) is 5.87. The number of hydrogen-bond acceptors (Lipinski definition) is 3. The first-order valence-electron chi connectivity index (χ1n) is 7.29. The summed E-state index contributed by atoms with van der Waals surface area (Å²) in [5.74, 6) is 0. The summed E-state index contributed by atoms with van der Waals surface area (Å²) in [6.07, 6.45) is 4.60. The van der Waals surface area contributed by atoms with Gasteiger partial charge in [-0.2, -0.15) is 0 Å². The van der Waals surface area contributed by atoms with Crippen LogP contribution in [0.1, 0.15) is 39.5 Å². The predicted octanol–water partition coefficient (Wildman–Crippen LogP) is 2.98. The lowest BCUT2D eigenvalue weighted by atomic mass is 9.89. The van der Waals surface area contributed by atoms with Crippen molar-refractivity contribution in [2.75, 3.05) is 18.4 Å². The number of hydrogen-bond donors (Lipinski definition) is 2. The van der Waals surface area contributed by atoms with E-state index in [-0.39, 0.29) is 5.41 Å². The molecule has 0 atom stereocenters. The van der Waals surface area contributed by atoms with Crippen molar-refractivity contribution in [3.05, 3.63) is 24.3 Å². The minimum Gasteiger partial charge on any atom is -0.384 e. The van der Waals surface area contributed by atoms with Gasteiger partial charge in [0.1, 0.15) is 4.90 Å². The third-order valence-corrected chi connectivity index (χ3v) is 5.50. The molecule has 0 amide bonds. The molecule has 0 aromatic heterocycles. The minimum atomic E-state index is -3.45. The smallest absolute Gasteiger partial charge is 0.242 e. The topological polar surface area (TPSA) is 58.2 Å². The van der Waals surface area contributed by atoms with Crippen molar-refractivity contribution >= 4 is 15.7 Å². The maximum atomic E-state index is 12.5. The summed E-state index contributed by atoms with van der Waals surface area (Å²) in [6.45, 7) is 5.34. The van der Waals surface area contributed by atoms with E-state index in [2.05, 4.69) is 17.0 Å². The molecule has 1 fully saturated rings. The Morgan fingerprint density at radius 2 is 1.85 bits per heavy atom. The number of para-hydroxylation sites is 1. The van der Waals surface area contributed by atoms with E-state index in [0.29, 0.717) is 23.7 Å². The van der Waals surface area contributed by atoms with Crippen LogP contribution < -0.4 is 10.0 Å². The van der Waals surface area contributed by atoms with Crippen LogP contribution >= 0.6 is 0 Å². The monoisotopic (exact) mass is 296 g/mol. The van der Waals surface area contributed by atoms with Crippen LogP contribution in [0.25, 0.3) is 0 Å². The van der Waals surface area contributed by atoms with Crippen LogP contribution in [0.4, 0.5) is 5.69 Å². The summed E-state index contributed by atoms with van der Waals surface area (Å²) < 4.78 is 27.7. The first-order chi connectivity index (χ1) is 9.47. The van der Waals surface area contributed by atoms with Crippen molar-refractivity contribution < 1.29 is 8.42 Å². The van der Waals surface area contributed by atoms with E-state index in [1.165, 1.54) is 12.8 Å². The Labute approximate surface area is 122 Å². The average Bonchev–Trinajstić information content (AvgIpc) is 2.85. The summed E-state index contributed by atoms with van der Waals surface area (Å²) in [4.78, 5) is 0.337. The van der Waals surface area contributed by atoms with E-state index in [1.807, 2.05) is 13.0 Å². The summed E-state index contributed by atoms with van der Waals surface area (Å²) in [5.41, 5.74) is 0.777. The molecule has 5 heteroatoms. The number of anilines is 1. The average molecular weight is 296 g/mol. The van der Waals surface area contributed by atoms with Crippen LogP contribution in [-0.2, 0) is 10.0 Å². The lowest BCUT2D eigenvalue weighted by molar-refractivity contribution is 0.336. The molecule has 2 rings (SSSR count). The zero-order valence-electron chi connectivity index (χ0n) is 12.3. The Morgan fingerprint density at radius 3 is 2.50 bits per heavy atom. The Hall–Kier alpha value is -1.07. The van der Waals surface area contributed by atoms with Crippen LogP contribution in [0.15, 0.2) is 29.2 Å². The molecule has 1 aliphatic carbocycles. The lowest BCUT2D eigenvalue weighted by Crippen LogP contribution is -2.34. The Bertz CT molecular complexity index is 549. The third-order valence-electron chi connectivity index (χ3n) is 4.04. The second-order valence-corrected chi connectivity index (χ2v) is 7.60. The van der Waals surface area contributed by atoms with Crippen LogP contribution in [0, 0.1) is 5.41 Å². The van der Waals surface area contributed by atoms with Crippen LogP contribution in [-0.4, -0.2) is 21.5 Å². The van der Waals surface area contributed by atoms with Crippen LogP contribution in [0.5, 0.6) is 0 Å². The number of rotatable bonds is 6. The molecule has 1 saturated carbocycles. The molecule has 1 aromatic rings. The summed E-state index contributed by atoms with van der Waals surface area (Å²) in [7, 11) is -3.45. The van der Waals surface area contributed by atoms with Gasteiger partial charge in [0.25, 0.3) is 0 Å². The van der Waals surface area contributed by atoms with E-state index in [1.54, 1.807) is 18.2 Å². The van der Waals surface area contributed by atoms with Crippen molar-refractivity contribution in [2.24, 2.45) is 5.41 Å². The maximum Gasteiger partial charge on any atom is 0.242 e. The number of sulfonamides is 1. The van der Waals surface area contributed by atoms with Gasteiger partial charge >= 0.3 is 0 Å². The SMILES string of the molecule is CCNc1ccccc1S(=O)(=O)NCC1(C)CCCC1. The molecular formula is C15H24N2O2S. The fraction of sp³-hybridized carbons (Fsp3) is 0.600. The van der Waals surface area contributed by atoms with Gasteiger partial charge in [-0.15, -0.1) is 0 Å². The highest BCUT2D eigenvalue weighted by Crippen LogP contribution is 2.37. The minimum absolute atomic E-state index is 0.111. The van der Waals surface area contributed by atoms with Crippen LogP contribution in [0.3, 0.4) is 0 Å². The number of nitrogens with one attached hydrogen (secondary N) is 2. The maximum absolute atomic E-state index is 12.5. The molecule has 112 valence electrons. The normalized spacial score (nSPS) is 18.1. The standard InChI is InChI=1S/C15H24N2O2S/c1-3-16-13-8-4-5-9-14(13)20(18,19)17-12-15(2)10-6-7-11-15/h4-5,8-9,16-17H,3,6-7,10-12H2,1-2H3. The van der Waals surface area contributed by atoms with E-state index in [4.69, 9.17) is 0 Å². The fourth-order valence-corrected chi connectivity index (χ4v) is 4.17. The molecule has 0 aliphatic heterocycles. The van der Waals surface area contributed by atoms with E-state index < -0.39 is 10.0 Å². The zero-order valence-corrected chi connectivity index (χ0v) is 13.1. The van der Waals surface area contributed by atoms with Crippen molar-refractivity contribution in [3.63, 3.8) is 0 Å². The molecule has 0 bridgehead atoms. The Balaban J connectivity index is 2.14. The van der Waals surface area contributed by atoms with Gasteiger partial charge in [-0.25, -0.2) is 13.1 Å². The first kappa shape index (κ1) is 15.3. The van der Waals surface area contributed by atoms with Gasteiger partial charge in [-0.1, -0.05) is 31.9 Å². The van der Waals surface area contributed by atoms with E-state index >= 15 is 0 Å². The van der Waals surface area contributed by atoms with Gasteiger partial charge in [-0.05, 0) is 37.3 Å². The first-order valence-corrected chi connectivity index (χ1v) is 8.78. The molecule has 0 saturated heterocycles. The highest BCUT2D eigenvalue weighted by molar-refractivity contribution is 7.89. The fourth-order valence-electron chi connectivity index (χ4n) is 2.79. The molecular weight excluding hydrogens is 272 g/mol. The summed E-state index contributed by atoms with van der Waals surface area (Å²) in [6, 6.07) is 7.05. The predicted molar refractivity (Wildman–Crippen MR) is 82.4 cm³/mol. The Kier molecular flexibility index (Phi) is 4.70. The summed E-state index contributed by atoms with van der Waals surface area (Å²) >= 11 is 0. The Morgan fingerprint density at radius 1 is 1.20 bits per heavy atom. The van der Waals surface area contributed by atoms with Crippen molar-refractivity contribution in [3.8, 4) is 0 Å². The van der Waals surface area contributed by atoms with Crippen molar-refractivity contribution in [2.45, 2.75) is 44.4 Å². The van der Waals surface area contributed by atoms with Crippen molar-refractivity contribution in [1.29, 1.82) is 0 Å². The third kappa shape index (κ3) is 3.52. The van der Waals surface area contributed by atoms with Crippen LogP contribution in [0.2, 0.25) is 0 Å². The molecule has 0 heterocycles. The van der Waals surface area contributed by atoms with Gasteiger partial charge in [-0.3, -0.25) is 0 Å². The molecule has 2 N–H and O–H groups in total. The molecule has 0 unspecified atom stereocenters. The van der Waals surface area contributed by atoms with Gasteiger partial charge in [0, 0.05) is 13.1 Å². The molecule has 4 nitrogen and oxygen atoms in total. The molecule has 20 heavy (non-hydrogen) atoms. The summed E-state index contributed by atoms with van der Waals surface area (Å²) in [5, 5.41) is 3.10. The van der Waals surface area contributed by atoms with E-state index in [9.17, 15) is 8.42 Å². The van der Waals surface area contributed by atoms with Crippen molar-refractivity contribution in [1.82, 2.24) is 4.72 Å². The van der Waals surface area contributed by atoms with Gasteiger partial charge in [0.15, 0.2) is 0 Å². The molecule has 0 radical (unpaired) electrons. The zero-order chi connectivity index (χ0) is 14.6. The second kappa shape index (κ2) is 6.14.